The lowest BCUT2D eigenvalue weighted by Crippen LogP contribution is -2.40. The number of hydrogen-bond donors (Lipinski definition) is 2. The second-order valence-electron chi connectivity index (χ2n) is 11.5. The van der Waals surface area contributed by atoms with Crippen molar-refractivity contribution in [3.8, 4) is 0 Å². The maximum atomic E-state index is 11.3. The smallest absolute Gasteiger partial charge is 0.310 e. The van der Waals surface area contributed by atoms with Gasteiger partial charge in [-0.3, -0.25) is 19.2 Å². The van der Waals surface area contributed by atoms with Crippen LogP contribution >= 0.6 is 0 Å². The summed E-state index contributed by atoms with van der Waals surface area (Å²) in [7, 11) is 1.61. The Bertz CT molecular complexity index is 620. The maximum Gasteiger partial charge on any atom is 0.310 e. The molecule has 0 heterocycles. The molecule has 0 radical (unpaired) electrons. The van der Waals surface area contributed by atoms with E-state index in [0.717, 1.165) is 0 Å². The van der Waals surface area contributed by atoms with Crippen LogP contribution in [0.25, 0.3) is 0 Å². The molecule has 35 heavy (non-hydrogen) atoms. The molecule has 0 spiro atoms. The maximum absolute atomic E-state index is 11.3. The highest BCUT2D eigenvalue weighted by molar-refractivity contribution is 5.97. The molecular weight excluding hydrogens is 452 g/mol. The molecule has 0 aromatic carbocycles. The fourth-order valence-corrected chi connectivity index (χ4v) is 1.84. The van der Waals surface area contributed by atoms with E-state index in [0.29, 0.717) is 13.2 Å². The summed E-state index contributed by atoms with van der Waals surface area (Å²) in [6, 6.07) is 0. The number of aliphatic carboxylic acids is 1. The van der Waals surface area contributed by atoms with Crippen molar-refractivity contribution in [2.75, 3.05) is 26.9 Å². The second-order valence-corrected chi connectivity index (χ2v) is 11.5. The van der Waals surface area contributed by atoms with Gasteiger partial charge >= 0.3 is 5.97 Å². The van der Waals surface area contributed by atoms with E-state index in [4.69, 9.17) is 14.6 Å². The Morgan fingerprint density at radius 2 is 1.14 bits per heavy atom. The van der Waals surface area contributed by atoms with Gasteiger partial charge in [-0.05, 0) is 20.8 Å². The van der Waals surface area contributed by atoms with Crippen LogP contribution in [0, 0.1) is 16.2 Å². The third-order valence-electron chi connectivity index (χ3n) is 3.89. The molecule has 0 aromatic heterocycles. The molecule has 0 aliphatic heterocycles. The number of carbonyl (C=O) groups is 4. The van der Waals surface area contributed by atoms with Gasteiger partial charge in [-0.2, -0.15) is 0 Å². The van der Waals surface area contributed by atoms with E-state index in [9.17, 15) is 24.3 Å². The van der Waals surface area contributed by atoms with E-state index < -0.39 is 22.4 Å². The van der Waals surface area contributed by atoms with Crippen molar-refractivity contribution in [1.29, 1.82) is 0 Å². The summed E-state index contributed by atoms with van der Waals surface area (Å²) in [4.78, 5) is 43.4. The molecule has 0 bridgehead atoms. The Kier molecular flexibility index (Phi) is 21.2. The molecule has 0 saturated carbocycles. The van der Waals surface area contributed by atoms with Gasteiger partial charge in [-0.25, -0.2) is 0 Å². The zero-order valence-corrected chi connectivity index (χ0v) is 24.5. The molecule has 0 saturated heterocycles. The van der Waals surface area contributed by atoms with Crippen LogP contribution in [0.1, 0.15) is 89.5 Å². The molecule has 208 valence electrons. The third kappa shape index (κ3) is 28.2. The highest BCUT2D eigenvalue weighted by Gasteiger charge is 2.33. The van der Waals surface area contributed by atoms with Gasteiger partial charge in [-0.1, -0.05) is 68.4 Å². The zero-order chi connectivity index (χ0) is 29.3. The minimum absolute atomic E-state index is 0.124. The number of ketones is 3. The van der Waals surface area contributed by atoms with Crippen molar-refractivity contribution in [3.63, 3.8) is 0 Å². The second kappa shape index (κ2) is 18.4. The van der Waals surface area contributed by atoms with Gasteiger partial charge in [0.2, 0.25) is 0 Å². The minimum atomic E-state index is -1.20. The first-order valence-electron chi connectivity index (χ1n) is 11.6. The van der Waals surface area contributed by atoms with Crippen molar-refractivity contribution < 1.29 is 38.9 Å². The van der Waals surface area contributed by atoms with E-state index in [2.05, 4.69) is 6.58 Å². The van der Waals surface area contributed by atoms with Gasteiger partial charge < -0.3 is 19.7 Å². The monoisotopic (exact) mass is 504 g/mol. The molecule has 0 rings (SSSR count). The lowest BCUT2D eigenvalue weighted by atomic mass is 9.82. The number of allylic oxidation sites excluding steroid dienone is 1. The van der Waals surface area contributed by atoms with Crippen LogP contribution in [0.3, 0.4) is 0 Å². The van der Waals surface area contributed by atoms with E-state index in [1.54, 1.807) is 54.7 Å². The van der Waals surface area contributed by atoms with Crippen molar-refractivity contribution in [3.05, 3.63) is 12.7 Å². The summed E-state index contributed by atoms with van der Waals surface area (Å²) < 4.78 is 9.86. The first-order valence-corrected chi connectivity index (χ1v) is 11.6. The number of carbonyl (C=O) groups excluding carboxylic acids is 3. The number of hydrogen-bond acceptors (Lipinski definition) is 7. The van der Waals surface area contributed by atoms with E-state index >= 15 is 0 Å². The van der Waals surface area contributed by atoms with Crippen LogP contribution in [0.4, 0.5) is 0 Å². The molecule has 0 unspecified atom stereocenters. The van der Waals surface area contributed by atoms with Crippen LogP contribution in [-0.2, 0) is 28.7 Å². The van der Waals surface area contributed by atoms with Gasteiger partial charge in [0, 0.05) is 23.4 Å². The lowest BCUT2D eigenvalue weighted by Gasteiger charge is -2.25. The van der Waals surface area contributed by atoms with E-state index in [1.165, 1.54) is 13.8 Å². The van der Waals surface area contributed by atoms with E-state index in [-0.39, 0.29) is 35.8 Å². The highest BCUT2D eigenvalue weighted by Crippen LogP contribution is 2.22. The average molecular weight is 505 g/mol. The van der Waals surface area contributed by atoms with Crippen LogP contribution < -0.4 is 0 Å². The molecule has 0 aliphatic rings. The Hall–Kier alpha value is -1.90. The predicted molar refractivity (Wildman–Crippen MR) is 141 cm³/mol. The largest absolute Gasteiger partial charge is 0.481 e. The van der Waals surface area contributed by atoms with E-state index in [1.807, 2.05) is 27.7 Å². The summed E-state index contributed by atoms with van der Waals surface area (Å²) in [5.41, 5.74) is -2.47. The van der Waals surface area contributed by atoms with Crippen molar-refractivity contribution in [1.82, 2.24) is 0 Å². The summed E-state index contributed by atoms with van der Waals surface area (Å²) in [6.45, 7) is 25.7. The third-order valence-corrected chi connectivity index (χ3v) is 3.89. The van der Waals surface area contributed by atoms with Crippen molar-refractivity contribution in [2.24, 2.45) is 16.2 Å². The zero-order valence-electron chi connectivity index (χ0n) is 24.5. The Balaban J connectivity index is -0.000000195. The Morgan fingerprint density at radius 3 is 1.31 bits per heavy atom. The molecule has 0 amide bonds. The van der Waals surface area contributed by atoms with Crippen LogP contribution in [0.2, 0.25) is 0 Å². The number of ether oxygens (including phenoxy) is 2. The predicted octanol–water partition coefficient (Wildman–Crippen LogP) is 4.91. The van der Waals surface area contributed by atoms with Gasteiger partial charge in [0.15, 0.2) is 11.6 Å². The molecular formula is C27H52O8. The Morgan fingerprint density at radius 1 is 0.771 bits per heavy atom. The molecule has 0 aliphatic carbocycles. The SMILES string of the molecule is C=CC.CC(C)(C)C(=O)C(C)(C)O.CC(C)(C)C(=O)CC(=O)O.COCCOCC(=O)C(C)(C)C. The fourth-order valence-electron chi connectivity index (χ4n) is 1.84. The molecule has 0 atom stereocenters. The average Bonchev–Trinajstić information content (AvgIpc) is 2.62. The van der Waals surface area contributed by atoms with Gasteiger partial charge in [0.05, 0.1) is 13.2 Å². The number of aliphatic hydroxyl groups is 1. The van der Waals surface area contributed by atoms with Gasteiger partial charge in [-0.15, -0.1) is 6.58 Å². The fraction of sp³-hybridized carbons (Fsp3) is 0.778. The number of Topliss-reactive ketones (excluding diaryl/α,β-unsaturated/α-hetero) is 3. The normalized spacial score (nSPS) is 11.4. The Labute approximate surface area is 213 Å². The first-order chi connectivity index (χ1) is 15.4. The minimum Gasteiger partial charge on any atom is -0.481 e. The summed E-state index contributed by atoms with van der Waals surface area (Å²) in [5.74, 6) is -1.29. The van der Waals surface area contributed by atoms with Crippen molar-refractivity contribution >= 4 is 23.3 Å². The number of carboxylic acids is 1. The van der Waals surface area contributed by atoms with Crippen molar-refractivity contribution in [2.45, 2.75) is 95.1 Å². The molecule has 0 aromatic rings. The standard InChI is InChI=1S/C9H18O3.C8H16O2.C7H12O3.C3H6/c1-9(2,3)8(10)7-12-6-5-11-4;1-7(2,3)6(9)8(4,5)10;1-7(2,3)5(8)4-6(9)10;1-3-2/h5-7H2,1-4H3;10H,1-5H3;4H2,1-3H3,(H,9,10);3H,1H2,2H3. The van der Waals surface area contributed by atoms with Gasteiger partial charge in [0.25, 0.3) is 0 Å². The summed E-state index contributed by atoms with van der Waals surface area (Å²) in [6.07, 6.45) is 1.38. The molecule has 8 heteroatoms. The quantitative estimate of drug-likeness (QED) is 0.271. The van der Waals surface area contributed by atoms with Gasteiger partial charge in [0.1, 0.15) is 24.4 Å². The summed E-state index contributed by atoms with van der Waals surface area (Å²) >= 11 is 0. The van der Waals surface area contributed by atoms with Crippen LogP contribution in [-0.4, -0.2) is 66.1 Å². The summed E-state index contributed by atoms with van der Waals surface area (Å²) in [5, 5.41) is 17.5. The number of methoxy groups -OCH3 is 1. The molecule has 2 N–H and O–H groups in total. The molecule has 0 fully saturated rings. The van der Waals surface area contributed by atoms with Crippen LogP contribution in [0.5, 0.6) is 0 Å². The van der Waals surface area contributed by atoms with Crippen LogP contribution in [0.15, 0.2) is 12.7 Å². The number of carboxylic acid groups (broad SMARTS) is 1. The highest BCUT2D eigenvalue weighted by atomic mass is 16.5. The number of rotatable bonds is 8. The first kappa shape index (κ1) is 40.3. The topological polar surface area (TPSA) is 127 Å². The lowest BCUT2D eigenvalue weighted by molar-refractivity contribution is -0.143. The molecule has 8 nitrogen and oxygen atoms in total.